The van der Waals surface area contributed by atoms with Gasteiger partial charge in [0, 0.05) is 17.1 Å². The van der Waals surface area contributed by atoms with Crippen LogP contribution in [0.3, 0.4) is 0 Å². The topological polar surface area (TPSA) is 54.5 Å². The smallest absolute Gasteiger partial charge is 0.238 e. The highest BCUT2D eigenvalue weighted by molar-refractivity contribution is 7.91. The van der Waals surface area contributed by atoms with E-state index in [0.717, 1.165) is 0 Å². The van der Waals surface area contributed by atoms with Crippen molar-refractivity contribution in [1.29, 1.82) is 0 Å². The molecule has 1 amide bonds. The van der Waals surface area contributed by atoms with E-state index in [1.807, 2.05) is 27.7 Å². The summed E-state index contributed by atoms with van der Waals surface area (Å²) in [7, 11) is -3.54. The Balaban J connectivity index is 2.86. The Labute approximate surface area is 132 Å². The van der Waals surface area contributed by atoms with Crippen molar-refractivity contribution in [3.63, 3.8) is 0 Å². The van der Waals surface area contributed by atoms with E-state index in [9.17, 15) is 13.2 Å². The number of carbonyl (C=O) groups is 1. The first-order chi connectivity index (χ1) is 9.64. The zero-order valence-corrected chi connectivity index (χ0v) is 14.4. The van der Waals surface area contributed by atoms with Gasteiger partial charge in [0.1, 0.15) is 5.75 Å². The van der Waals surface area contributed by atoms with Gasteiger partial charge in [-0.25, -0.2) is 8.42 Å². The van der Waals surface area contributed by atoms with Crippen LogP contribution in [0.25, 0.3) is 0 Å². The molecular weight excluding hydrogens is 310 g/mol. The lowest BCUT2D eigenvalue weighted by atomic mass is 10.2. The van der Waals surface area contributed by atoms with Crippen LogP contribution in [0.1, 0.15) is 33.3 Å². The third-order valence-corrected chi connectivity index (χ3v) is 4.88. The summed E-state index contributed by atoms with van der Waals surface area (Å²) in [5, 5.41) is 0.401. The van der Waals surface area contributed by atoms with Gasteiger partial charge in [-0.2, -0.15) is 0 Å². The van der Waals surface area contributed by atoms with Gasteiger partial charge in [0.15, 0.2) is 9.84 Å². The van der Waals surface area contributed by atoms with E-state index in [-0.39, 0.29) is 23.7 Å². The summed E-state index contributed by atoms with van der Waals surface area (Å²) in [5.74, 6) is -1.08. The predicted molar refractivity (Wildman–Crippen MR) is 86.1 cm³/mol. The normalized spacial score (nSPS) is 12.0. The Hall–Kier alpha value is -1.07. The summed E-state index contributed by atoms with van der Waals surface area (Å²) in [6.45, 7) is 7.49. The van der Waals surface area contributed by atoms with E-state index < -0.39 is 15.6 Å². The number of rotatable bonds is 6. The molecule has 1 aromatic rings. The van der Waals surface area contributed by atoms with Crippen LogP contribution in [0.15, 0.2) is 24.3 Å². The highest BCUT2D eigenvalue weighted by Crippen LogP contribution is 2.18. The second kappa shape index (κ2) is 7.27. The van der Waals surface area contributed by atoms with Crippen LogP contribution in [0.4, 0.5) is 0 Å². The molecule has 0 spiro atoms. The summed E-state index contributed by atoms with van der Waals surface area (Å²) in [4.78, 5) is 13.8. The van der Waals surface area contributed by atoms with Crippen molar-refractivity contribution in [3.8, 4) is 0 Å². The van der Waals surface area contributed by atoms with Gasteiger partial charge in [0.2, 0.25) is 5.91 Å². The first kappa shape index (κ1) is 18.0. The third kappa shape index (κ3) is 5.32. The van der Waals surface area contributed by atoms with E-state index in [2.05, 4.69) is 0 Å². The molecule has 0 saturated heterocycles. The second-order valence-corrected chi connectivity index (χ2v) is 8.08. The number of amides is 1. The minimum atomic E-state index is -3.54. The Morgan fingerprint density at radius 2 is 1.67 bits per heavy atom. The minimum Gasteiger partial charge on any atom is -0.337 e. The van der Waals surface area contributed by atoms with E-state index in [0.29, 0.717) is 10.6 Å². The van der Waals surface area contributed by atoms with E-state index in [1.54, 1.807) is 29.2 Å². The Bertz CT molecular complexity index is 589. The van der Waals surface area contributed by atoms with Crippen LogP contribution < -0.4 is 0 Å². The third-order valence-electron chi connectivity index (χ3n) is 3.08. The molecule has 118 valence electrons. The zero-order chi connectivity index (χ0) is 16.2. The van der Waals surface area contributed by atoms with Crippen LogP contribution in [0.5, 0.6) is 0 Å². The van der Waals surface area contributed by atoms with Gasteiger partial charge >= 0.3 is 0 Å². The summed E-state index contributed by atoms with van der Waals surface area (Å²) in [6, 6.07) is 6.70. The predicted octanol–water partition coefficient (Wildman–Crippen LogP) is 2.90. The van der Waals surface area contributed by atoms with Crippen molar-refractivity contribution in [2.24, 2.45) is 0 Å². The van der Waals surface area contributed by atoms with Crippen molar-refractivity contribution in [1.82, 2.24) is 4.90 Å². The van der Waals surface area contributed by atoms with Crippen LogP contribution in [-0.2, 0) is 20.4 Å². The maximum absolute atomic E-state index is 12.2. The maximum atomic E-state index is 12.2. The number of benzene rings is 1. The van der Waals surface area contributed by atoms with Gasteiger partial charge in [-0.1, -0.05) is 29.8 Å². The number of carbonyl (C=O) groups excluding carboxylic acids is 1. The van der Waals surface area contributed by atoms with Crippen molar-refractivity contribution in [3.05, 3.63) is 34.9 Å². The Morgan fingerprint density at radius 1 is 1.14 bits per heavy atom. The molecular formula is C15H22ClNO3S. The van der Waals surface area contributed by atoms with Gasteiger partial charge < -0.3 is 4.90 Å². The Morgan fingerprint density at radius 3 is 2.14 bits per heavy atom. The molecule has 0 unspecified atom stereocenters. The highest BCUT2D eigenvalue weighted by atomic mass is 35.5. The average Bonchev–Trinajstić information content (AvgIpc) is 2.29. The lowest BCUT2D eigenvalue weighted by Gasteiger charge is -2.30. The minimum absolute atomic E-state index is 0.0342. The lowest BCUT2D eigenvalue weighted by Crippen LogP contribution is -2.45. The van der Waals surface area contributed by atoms with Crippen molar-refractivity contribution in [2.75, 3.05) is 5.75 Å². The molecule has 0 aliphatic rings. The van der Waals surface area contributed by atoms with Crippen molar-refractivity contribution in [2.45, 2.75) is 45.5 Å². The summed E-state index contributed by atoms with van der Waals surface area (Å²) in [5.41, 5.74) is 0.521. The molecule has 0 heterocycles. The molecule has 0 fully saturated rings. The molecule has 0 radical (unpaired) electrons. The molecule has 0 N–H and O–H groups in total. The highest BCUT2D eigenvalue weighted by Gasteiger charge is 2.26. The van der Waals surface area contributed by atoms with Gasteiger partial charge in [-0.15, -0.1) is 0 Å². The molecule has 1 aromatic carbocycles. The Kier molecular flexibility index (Phi) is 6.23. The molecule has 0 aliphatic heterocycles. The first-order valence-electron chi connectivity index (χ1n) is 6.89. The average molecular weight is 332 g/mol. The molecule has 0 aliphatic carbocycles. The van der Waals surface area contributed by atoms with Crippen LogP contribution >= 0.6 is 11.6 Å². The molecule has 6 heteroatoms. The van der Waals surface area contributed by atoms with Gasteiger partial charge in [-0.3, -0.25) is 4.79 Å². The van der Waals surface area contributed by atoms with Crippen LogP contribution in [0.2, 0.25) is 5.02 Å². The number of hydrogen-bond acceptors (Lipinski definition) is 3. The molecule has 0 saturated carbocycles. The van der Waals surface area contributed by atoms with Crippen molar-refractivity contribution >= 4 is 27.3 Å². The SMILES string of the molecule is CC(C)N(C(=O)CS(=O)(=O)Cc1ccccc1Cl)C(C)C. The summed E-state index contributed by atoms with van der Waals surface area (Å²) >= 11 is 5.97. The summed E-state index contributed by atoms with van der Waals surface area (Å²) < 4.78 is 24.4. The molecule has 21 heavy (non-hydrogen) atoms. The quantitative estimate of drug-likeness (QED) is 0.805. The molecule has 0 bridgehead atoms. The fraction of sp³-hybridized carbons (Fsp3) is 0.533. The van der Waals surface area contributed by atoms with E-state index in [1.165, 1.54) is 0 Å². The van der Waals surface area contributed by atoms with Crippen molar-refractivity contribution < 1.29 is 13.2 Å². The first-order valence-corrected chi connectivity index (χ1v) is 9.09. The molecule has 0 atom stereocenters. The maximum Gasteiger partial charge on any atom is 0.238 e. The van der Waals surface area contributed by atoms with E-state index in [4.69, 9.17) is 11.6 Å². The van der Waals surface area contributed by atoms with E-state index >= 15 is 0 Å². The fourth-order valence-corrected chi connectivity index (χ4v) is 3.97. The number of sulfone groups is 1. The standard InChI is InChI=1S/C15H22ClNO3S/c1-11(2)17(12(3)4)15(18)10-21(19,20)9-13-7-5-6-8-14(13)16/h5-8,11-12H,9-10H2,1-4H3. The number of nitrogens with zero attached hydrogens (tertiary/aromatic N) is 1. The zero-order valence-electron chi connectivity index (χ0n) is 12.8. The van der Waals surface area contributed by atoms with Crippen LogP contribution in [0, 0.1) is 0 Å². The molecule has 4 nitrogen and oxygen atoms in total. The molecule has 1 rings (SSSR count). The van der Waals surface area contributed by atoms with Gasteiger partial charge in [0.25, 0.3) is 0 Å². The number of halogens is 1. The molecule has 0 aromatic heterocycles. The largest absolute Gasteiger partial charge is 0.337 e. The lowest BCUT2D eigenvalue weighted by molar-refractivity contribution is -0.131. The second-order valence-electron chi connectivity index (χ2n) is 5.61. The van der Waals surface area contributed by atoms with Gasteiger partial charge in [0.05, 0.1) is 5.75 Å². The van der Waals surface area contributed by atoms with Gasteiger partial charge in [-0.05, 0) is 39.3 Å². The number of hydrogen-bond donors (Lipinski definition) is 0. The fourth-order valence-electron chi connectivity index (χ4n) is 2.34. The van der Waals surface area contributed by atoms with Crippen LogP contribution in [-0.4, -0.2) is 37.1 Å². The monoisotopic (exact) mass is 331 g/mol. The summed E-state index contributed by atoms with van der Waals surface area (Å²) in [6.07, 6.45) is 0.